The largest absolute Gasteiger partial charge is 0.0563 e. The van der Waals surface area contributed by atoms with E-state index >= 15 is 0 Å². The monoisotopic (exact) mass is 346 g/mol. The molecule has 3 aromatic carbocycles. The Kier molecular flexibility index (Phi) is 5.11. The second kappa shape index (κ2) is 7.14. The summed E-state index contributed by atoms with van der Waals surface area (Å²) < 4.78 is 0. The van der Waals surface area contributed by atoms with Gasteiger partial charge in [0, 0.05) is 0 Å². The van der Waals surface area contributed by atoms with Crippen LogP contribution < -0.4 is 15.9 Å². The fourth-order valence-electron chi connectivity index (χ4n) is 3.69. The van der Waals surface area contributed by atoms with Gasteiger partial charge in [0.2, 0.25) is 0 Å². The highest BCUT2D eigenvalue weighted by Gasteiger charge is 2.18. The van der Waals surface area contributed by atoms with Crippen LogP contribution in [0.3, 0.4) is 0 Å². The van der Waals surface area contributed by atoms with Crippen LogP contribution in [-0.4, -0.2) is 0 Å². The van der Waals surface area contributed by atoms with E-state index in [2.05, 4.69) is 96.1 Å². The Bertz CT molecular complexity index is 738. The van der Waals surface area contributed by atoms with Gasteiger partial charge in [-0.05, 0) is 65.4 Å². The van der Waals surface area contributed by atoms with E-state index in [4.69, 9.17) is 0 Å². The minimum absolute atomic E-state index is 0.543. The van der Waals surface area contributed by atoms with Gasteiger partial charge in [0.05, 0.1) is 0 Å². The second-order valence-corrected chi connectivity index (χ2v) is 9.59. The van der Waals surface area contributed by atoms with Crippen molar-refractivity contribution in [2.45, 2.75) is 41.5 Å². The molecule has 0 N–H and O–H groups in total. The van der Waals surface area contributed by atoms with Gasteiger partial charge in [-0.25, -0.2) is 0 Å². The van der Waals surface area contributed by atoms with Gasteiger partial charge in [-0.15, -0.1) is 0 Å². The summed E-state index contributed by atoms with van der Waals surface area (Å²) in [4.78, 5) is 0. The Morgan fingerprint density at radius 2 is 0.560 bits per heavy atom. The fraction of sp³-hybridized carbons (Fsp3) is 0.250. The van der Waals surface area contributed by atoms with Gasteiger partial charge in [-0.2, -0.15) is 0 Å². The summed E-state index contributed by atoms with van der Waals surface area (Å²) in [5.74, 6) is 0. The molecule has 3 rings (SSSR count). The van der Waals surface area contributed by atoms with Crippen LogP contribution in [0.25, 0.3) is 0 Å². The Morgan fingerprint density at radius 1 is 0.360 bits per heavy atom. The summed E-state index contributed by atoms with van der Waals surface area (Å²) in [6.07, 6.45) is 0. The van der Waals surface area contributed by atoms with Crippen LogP contribution in [0.15, 0.2) is 54.6 Å². The normalized spacial score (nSPS) is 11.2. The van der Waals surface area contributed by atoms with Crippen LogP contribution in [0.5, 0.6) is 0 Å². The lowest BCUT2D eigenvalue weighted by Gasteiger charge is -2.22. The van der Waals surface area contributed by atoms with Crippen molar-refractivity contribution in [1.29, 1.82) is 0 Å². The lowest BCUT2D eigenvalue weighted by atomic mass is 10.1. The second-order valence-electron chi connectivity index (χ2n) is 7.37. The van der Waals surface area contributed by atoms with Gasteiger partial charge in [0.1, 0.15) is 0 Å². The molecule has 0 heterocycles. The Morgan fingerprint density at radius 3 is 0.760 bits per heavy atom. The lowest BCUT2D eigenvalue weighted by Crippen LogP contribution is -2.22. The molecule has 0 atom stereocenters. The summed E-state index contributed by atoms with van der Waals surface area (Å²) in [6.45, 7) is 13.2. The highest BCUT2D eigenvalue weighted by molar-refractivity contribution is 7.79. The fourth-order valence-corrected chi connectivity index (χ4v) is 6.58. The first-order chi connectivity index (χ1) is 11.8. The smallest absolute Gasteiger partial charge is 0.0134 e. The van der Waals surface area contributed by atoms with Crippen LogP contribution >= 0.6 is 7.92 Å². The predicted octanol–water partition coefficient (Wildman–Crippen LogP) is 5.30. The molecular weight excluding hydrogens is 319 g/mol. The van der Waals surface area contributed by atoms with Gasteiger partial charge >= 0.3 is 0 Å². The molecule has 0 aliphatic heterocycles. The summed E-state index contributed by atoms with van der Waals surface area (Å²) in [6, 6.07) is 21.0. The van der Waals surface area contributed by atoms with Gasteiger partial charge < -0.3 is 0 Å². The average molecular weight is 346 g/mol. The number of hydrogen-bond acceptors (Lipinski definition) is 0. The van der Waals surface area contributed by atoms with Gasteiger partial charge in [0.25, 0.3) is 0 Å². The van der Waals surface area contributed by atoms with E-state index in [9.17, 15) is 0 Å². The summed E-state index contributed by atoms with van der Waals surface area (Å²) in [7, 11) is -0.543. The van der Waals surface area contributed by atoms with Crippen molar-refractivity contribution >= 4 is 23.8 Å². The molecule has 25 heavy (non-hydrogen) atoms. The molecule has 0 saturated carbocycles. The third-order valence-electron chi connectivity index (χ3n) is 4.39. The molecule has 0 unspecified atom stereocenters. The SMILES string of the molecule is Cc1cc(C)cc(P(c2cc(C)cc(C)c2)c2cc(C)cc(C)c2)c1. The molecule has 0 aliphatic rings. The summed E-state index contributed by atoms with van der Waals surface area (Å²) >= 11 is 0. The van der Waals surface area contributed by atoms with Gasteiger partial charge in [-0.3, -0.25) is 0 Å². The van der Waals surface area contributed by atoms with E-state index in [1.54, 1.807) is 0 Å². The Labute approximate surface area is 153 Å². The maximum Gasteiger partial charge on any atom is -0.0134 e. The minimum atomic E-state index is -0.543. The summed E-state index contributed by atoms with van der Waals surface area (Å²) in [5, 5.41) is 4.34. The quantitative estimate of drug-likeness (QED) is 0.565. The molecule has 0 aromatic heterocycles. The van der Waals surface area contributed by atoms with E-state index in [1.165, 1.54) is 49.3 Å². The highest BCUT2D eigenvalue weighted by Crippen LogP contribution is 2.34. The molecule has 0 amide bonds. The molecule has 0 nitrogen and oxygen atoms in total. The van der Waals surface area contributed by atoms with E-state index in [0.717, 1.165) is 0 Å². The van der Waals surface area contributed by atoms with E-state index in [-0.39, 0.29) is 0 Å². The zero-order valence-corrected chi connectivity index (χ0v) is 17.0. The van der Waals surface area contributed by atoms with E-state index < -0.39 is 7.92 Å². The third-order valence-corrected chi connectivity index (χ3v) is 6.72. The molecule has 0 bridgehead atoms. The van der Waals surface area contributed by atoms with Crippen molar-refractivity contribution in [3.8, 4) is 0 Å². The standard InChI is InChI=1S/C24H27P/c1-16-7-17(2)11-22(10-16)25(23-12-18(3)8-19(4)13-23)24-14-20(5)9-21(6)15-24/h7-15H,1-6H3. The zero-order chi connectivity index (χ0) is 18.1. The van der Waals surface area contributed by atoms with E-state index in [0.29, 0.717) is 0 Å². The van der Waals surface area contributed by atoms with Crippen LogP contribution in [0.2, 0.25) is 0 Å². The average Bonchev–Trinajstić information content (AvgIpc) is 2.44. The van der Waals surface area contributed by atoms with Gasteiger partial charge in [-0.1, -0.05) is 88.0 Å². The highest BCUT2D eigenvalue weighted by atomic mass is 31.1. The molecule has 0 spiro atoms. The zero-order valence-electron chi connectivity index (χ0n) is 16.1. The van der Waals surface area contributed by atoms with Crippen LogP contribution in [0, 0.1) is 41.5 Å². The predicted molar refractivity (Wildman–Crippen MR) is 114 cm³/mol. The Hall–Kier alpha value is -1.91. The third kappa shape index (κ3) is 4.20. The maximum atomic E-state index is 2.37. The number of aryl methyl sites for hydroxylation is 6. The summed E-state index contributed by atoms with van der Waals surface area (Å²) in [5.41, 5.74) is 8.06. The first-order valence-electron chi connectivity index (χ1n) is 8.87. The molecule has 1 heteroatoms. The van der Waals surface area contributed by atoms with Crippen LogP contribution in [-0.2, 0) is 0 Å². The number of benzene rings is 3. The molecule has 0 radical (unpaired) electrons. The topological polar surface area (TPSA) is 0 Å². The van der Waals surface area contributed by atoms with Crippen molar-refractivity contribution in [1.82, 2.24) is 0 Å². The van der Waals surface area contributed by atoms with Crippen LogP contribution in [0.1, 0.15) is 33.4 Å². The van der Waals surface area contributed by atoms with Crippen molar-refractivity contribution in [3.63, 3.8) is 0 Å². The number of rotatable bonds is 3. The molecule has 0 saturated heterocycles. The maximum absolute atomic E-state index is 2.37. The number of hydrogen-bond donors (Lipinski definition) is 0. The van der Waals surface area contributed by atoms with Crippen LogP contribution in [0.4, 0.5) is 0 Å². The van der Waals surface area contributed by atoms with Gasteiger partial charge in [0.15, 0.2) is 0 Å². The minimum Gasteiger partial charge on any atom is -0.0563 e. The van der Waals surface area contributed by atoms with Crippen molar-refractivity contribution in [2.75, 3.05) is 0 Å². The first-order valence-corrected chi connectivity index (χ1v) is 10.2. The molecule has 0 fully saturated rings. The first kappa shape index (κ1) is 17.9. The van der Waals surface area contributed by atoms with E-state index in [1.807, 2.05) is 0 Å². The molecule has 0 aliphatic carbocycles. The molecular formula is C24H27P. The lowest BCUT2D eigenvalue weighted by molar-refractivity contribution is 1.39. The van der Waals surface area contributed by atoms with Crippen molar-refractivity contribution in [2.24, 2.45) is 0 Å². The Balaban J connectivity index is 2.27. The molecule has 128 valence electrons. The van der Waals surface area contributed by atoms with Crippen molar-refractivity contribution in [3.05, 3.63) is 88.0 Å². The molecule has 3 aromatic rings. The van der Waals surface area contributed by atoms with Crippen molar-refractivity contribution < 1.29 is 0 Å².